The SMILES string of the molecule is CC[C@@H](C)NC(=O)NC(=O)COC(=O)Cc1ccc(Cl)c(Cl)c1. The van der Waals surface area contributed by atoms with Crippen molar-refractivity contribution in [2.75, 3.05) is 6.61 Å². The van der Waals surface area contributed by atoms with Crippen LogP contribution in [0.15, 0.2) is 18.2 Å². The molecule has 0 fully saturated rings. The number of benzene rings is 1. The molecule has 126 valence electrons. The Morgan fingerprint density at radius 2 is 1.91 bits per heavy atom. The van der Waals surface area contributed by atoms with E-state index in [1.165, 1.54) is 0 Å². The molecule has 0 heterocycles. The summed E-state index contributed by atoms with van der Waals surface area (Å²) < 4.78 is 4.80. The van der Waals surface area contributed by atoms with Crippen LogP contribution in [0.5, 0.6) is 0 Å². The molecule has 0 aliphatic rings. The Morgan fingerprint density at radius 1 is 1.22 bits per heavy atom. The van der Waals surface area contributed by atoms with E-state index in [9.17, 15) is 14.4 Å². The van der Waals surface area contributed by atoms with Crippen molar-refractivity contribution in [2.24, 2.45) is 0 Å². The van der Waals surface area contributed by atoms with Crippen molar-refractivity contribution >= 4 is 41.1 Å². The van der Waals surface area contributed by atoms with Crippen LogP contribution in [0.3, 0.4) is 0 Å². The van der Waals surface area contributed by atoms with Crippen molar-refractivity contribution in [3.8, 4) is 0 Å². The van der Waals surface area contributed by atoms with Crippen molar-refractivity contribution in [3.05, 3.63) is 33.8 Å². The second-order valence-corrected chi connectivity index (χ2v) is 5.73. The Bertz CT molecular complexity index is 593. The first-order chi connectivity index (χ1) is 10.8. The number of rotatable bonds is 6. The minimum absolute atomic E-state index is 0.0523. The van der Waals surface area contributed by atoms with Crippen molar-refractivity contribution in [1.29, 1.82) is 0 Å². The van der Waals surface area contributed by atoms with Crippen molar-refractivity contribution in [1.82, 2.24) is 10.6 Å². The molecule has 3 amide bonds. The number of nitrogens with one attached hydrogen (secondary N) is 2. The van der Waals surface area contributed by atoms with Gasteiger partial charge in [-0.05, 0) is 31.0 Å². The average molecular weight is 361 g/mol. The summed E-state index contributed by atoms with van der Waals surface area (Å²) in [6.45, 7) is 3.17. The Kier molecular flexibility index (Phi) is 7.85. The van der Waals surface area contributed by atoms with E-state index in [0.717, 1.165) is 6.42 Å². The molecule has 0 aliphatic heterocycles. The molecule has 1 rings (SSSR count). The molecule has 1 aromatic rings. The van der Waals surface area contributed by atoms with E-state index in [1.807, 2.05) is 6.92 Å². The van der Waals surface area contributed by atoms with Gasteiger partial charge in [0.25, 0.3) is 5.91 Å². The summed E-state index contributed by atoms with van der Waals surface area (Å²) in [5.74, 6) is -1.31. The number of carbonyl (C=O) groups excluding carboxylic acids is 3. The fourth-order valence-corrected chi connectivity index (χ4v) is 1.86. The minimum atomic E-state index is -0.701. The van der Waals surface area contributed by atoms with Gasteiger partial charge in [-0.15, -0.1) is 0 Å². The summed E-state index contributed by atoms with van der Waals surface area (Å²) in [5, 5.41) is 5.35. The molecule has 6 nitrogen and oxygen atoms in total. The highest BCUT2D eigenvalue weighted by Crippen LogP contribution is 2.22. The molecule has 0 saturated heterocycles. The summed E-state index contributed by atoms with van der Waals surface area (Å²) in [6, 6.07) is 4.07. The Morgan fingerprint density at radius 3 is 2.52 bits per heavy atom. The molecule has 2 N–H and O–H groups in total. The van der Waals surface area contributed by atoms with Crippen molar-refractivity contribution < 1.29 is 19.1 Å². The highest BCUT2D eigenvalue weighted by molar-refractivity contribution is 6.42. The molecule has 8 heteroatoms. The number of hydrogen-bond donors (Lipinski definition) is 2. The second-order valence-electron chi connectivity index (χ2n) is 4.92. The summed E-state index contributed by atoms with van der Waals surface area (Å²) in [5.41, 5.74) is 0.610. The zero-order valence-corrected chi connectivity index (χ0v) is 14.3. The molecular formula is C15H18Cl2N2O4. The summed E-state index contributed by atoms with van der Waals surface area (Å²) in [4.78, 5) is 34.6. The molecule has 0 saturated carbocycles. The first-order valence-electron chi connectivity index (χ1n) is 7.01. The molecule has 0 radical (unpaired) electrons. The Balaban J connectivity index is 2.36. The van der Waals surface area contributed by atoms with E-state index in [4.69, 9.17) is 27.9 Å². The maximum absolute atomic E-state index is 11.6. The van der Waals surface area contributed by atoms with Crippen molar-refractivity contribution in [2.45, 2.75) is 32.7 Å². The van der Waals surface area contributed by atoms with Gasteiger partial charge in [0.2, 0.25) is 0 Å². The van der Waals surface area contributed by atoms with E-state index in [1.54, 1.807) is 25.1 Å². The van der Waals surface area contributed by atoms with E-state index >= 15 is 0 Å². The first-order valence-corrected chi connectivity index (χ1v) is 7.77. The molecule has 0 aromatic heterocycles. The maximum atomic E-state index is 11.6. The average Bonchev–Trinajstić information content (AvgIpc) is 2.48. The number of urea groups is 1. The lowest BCUT2D eigenvalue weighted by atomic mass is 10.1. The van der Waals surface area contributed by atoms with Crippen molar-refractivity contribution in [3.63, 3.8) is 0 Å². The van der Waals surface area contributed by atoms with Crippen LogP contribution in [0.25, 0.3) is 0 Å². The van der Waals surface area contributed by atoms with Gasteiger partial charge in [-0.25, -0.2) is 4.79 Å². The maximum Gasteiger partial charge on any atom is 0.321 e. The molecule has 23 heavy (non-hydrogen) atoms. The lowest BCUT2D eigenvalue weighted by Gasteiger charge is -2.11. The third-order valence-electron chi connectivity index (χ3n) is 2.94. The Hall–Kier alpha value is -1.79. The summed E-state index contributed by atoms with van der Waals surface area (Å²) in [6.07, 6.45) is 0.684. The van der Waals surface area contributed by atoms with Gasteiger partial charge in [-0.2, -0.15) is 0 Å². The third kappa shape index (κ3) is 7.34. The van der Waals surface area contributed by atoms with E-state index in [-0.39, 0.29) is 12.5 Å². The largest absolute Gasteiger partial charge is 0.455 e. The van der Waals surface area contributed by atoms with Gasteiger partial charge in [-0.1, -0.05) is 36.2 Å². The lowest BCUT2D eigenvalue weighted by molar-refractivity contribution is -0.147. The molecule has 0 aliphatic carbocycles. The summed E-state index contributed by atoms with van der Waals surface area (Å²) >= 11 is 11.6. The van der Waals surface area contributed by atoms with Crippen LogP contribution in [0.4, 0.5) is 4.79 Å². The highest BCUT2D eigenvalue weighted by Gasteiger charge is 2.13. The van der Waals surface area contributed by atoms with Crippen LogP contribution in [-0.4, -0.2) is 30.6 Å². The molecular weight excluding hydrogens is 343 g/mol. The summed E-state index contributed by atoms with van der Waals surface area (Å²) in [7, 11) is 0. The standard InChI is InChI=1S/C15H18Cl2N2O4/c1-3-9(2)18-15(22)19-13(20)8-23-14(21)7-10-4-5-11(16)12(17)6-10/h4-6,9H,3,7-8H2,1-2H3,(H2,18,19,20,22)/t9-/m1/s1. The van der Waals surface area contributed by atoms with Gasteiger partial charge in [0.1, 0.15) is 0 Å². The molecule has 1 aromatic carbocycles. The number of amides is 3. The second kappa shape index (κ2) is 9.37. The first kappa shape index (κ1) is 19.3. The monoisotopic (exact) mass is 360 g/mol. The fourth-order valence-electron chi connectivity index (χ4n) is 1.54. The lowest BCUT2D eigenvalue weighted by Crippen LogP contribution is -2.44. The topological polar surface area (TPSA) is 84.5 Å². The molecule has 0 unspecified atom stereocenters. The van der Waals surface area contributed by atoms with Gasteiger partial charge in [0.15, 0.2) is 6.61 Å². The number of imide groups is 1. The highest BCUT2D eigenvalue weighted by atomic mass is 35.5. The van der Waals surface area contributed by atoms with Crippen LogP contribution >= 0.6 is 23.2 Å². The number of hydrogen-bond acceptors (Lipinski definition) is 4. The Labute approximate surface area is 144 Å². The van der Waals surface area contributed by atoms with Gasteiger partial charge >= 0.3 is 12.0 Å². The third-order valence-corrected chi connectivity index (χ3v) is 3.68. The number of ether oxygens (including phenoxy) is 1. The normalized spacial score (nSPS) is 11.5. The minimum Gasteiger partial charge on any atom is -0.455 e. The quantitative estimate of drug-likeness (QED) is 0.763. The predicted octanol–water partition coefficient (Wildman–Crippen LogP) is 2.70. The number of esters is 1. The van der Waals surface area contributed by atoms with Crippen LogP contribution in [0.2, 0.25) is 10.0 Å². The zero-order valence-electron chi connectivity index (χ0n) is 12.8. The van der Waals surface area contributed by atoms with Crippen LogP contribution in [-0.2, 0) is 20.7 Å². The van der Waals surface area contributed by atoms with Crippen LogP contribution in [0.1, 0.15) is 25.8 Å². The van der Waals surface area contributed by atoms with Gasteiger partial charge in [0.05, 0.1) is 16.5 Å². The van der Waals surface area contributed by atoms with Gasteiger partial charge in [-0.3, -0.25) is 14.9 Å². The van der Waals surface area contributed by atoms with E-state index < -0.39 is 24.5 Å². The molecule has 1 atom stereocenters. The molecule has 0 bridgehead atoms. The number of carbonyl (C=O) groups is 3. The van der Waals surface area contributed by atoms with Gasteiger partial charge < -0.3 is 10.1 Å². The fraction of sp³-hybridized carbons (Fsp3) is 0.400. The molecule has 0 spiro atoms. The van der Waals surface area contributed by atoms with Crippen LogP contribution in [0, 0.1) is 0 Å². The van der Waals surface area contributed by atoms with E-state index in [2.05, 4.69) is 10.6 Å². The number of halogens is 2. The predicted molar refractivity (Wildman–Crippen MR) is 87.6 cm³/mol. The zero-order chi connectivity index (χ0) is 17.4. The van der Waals surface area contributed by atoms with Gasteiger partial charge in [0, 0.05) is 6.04 Å². The smallest absolute Gasteiger partial charge is 0.321 e. The van der Waals surface area contributed by atoms with E-state index in [0.29, 0.717) is 15.6 Å². The van der Waals surface area contributed by atoms with Crippen LogP contribution < -0.4 is 10.6 Å².